The second kappa shape index (κ2) is 4.61. The SMILES string of the molecule is CCOC(=O)C1=NO[C@@H]2OCCC[C@@H]2C1. The van der Waals surface area contributed by atoms with E-state index in [4.69, 9.17) is 14.3 Å². The van der Waals surface area contributed by atoms with Crippen LogP contribution >= 0.6 is 0 Å². The molecule has 0 radical (unpaired) electrons. The Morgan fingerprint density at radius 3 is 3.33 bits per heavy atom. The van der Waals surface area contributed by atoms with Crippen LogP contribution in [0.4, 0.5) is 0 Å². The van der Waals surface area contributed by atoms with Crippen LogP contribution in [0.5, 0.6) is 0 Å². The average molecular weight is 213 g/mol. The number of nitrogens with zero attached hydrogens (tertiary/aromatic N) is 1. The van der Waals surface area contributed by atoms with E-state index in [1.807, 2.05) is 0 Å². The van der Waals surface area contributed by atoms with Gasteiger partial charge in [-0.05, 0) is 19.8 Å². The molecule has 2 atom stereocenters. The van der Waals surface area contributed by atoms with Crippen molar-refractivity contribution < 1.29 is 19.1 Å². The molecule has 2 aliphatic heterocycles. The molecule has 0 spiro atoms. The number of hydrogen-bond donors (Lipinski definition) is 0. The summed E-state index contributed by atoms with van der Waals surface area (Å²) in [5.41, 5.74) is 0.378. The van der Waals surface area contributed by atoms with Gasteiger partial charge in [-0.3, -0.25) is 0 Å². The summed E-state index contributed by atoms with van der Waals surface area (Å²) >= 11 is 0. The van der Waals surface area contributed by atoms with E-state index >= 15 is 0 Å². The van der Waals surface area contributed by atoms with E-state index in [0.29, 0.717) is 25.3 Å². The van der Waals surface area contributed by atoms with Crippen LogP contribution in [-0.2, 0) is 19.1 Å². The maximum atomic E-state index is 11.4. The van der Waals surface area contributed by atoms with Crippen molar-refractivity contribution >= 4 is 11.7 Å². The largest absolute Gasteiger partial charge is 0.461 e. The summed E-state index contributed by atoms with van der Waals surface area (Å²) in [7, 11) is 0. The fourth-order valence-corrected chi connectivity index (χ4v) is 1.87. The summed E-state index contributed by atoms with van der Waals surface area (Å²) in [5, 5.41) is 3.75. The van der Waals surface area contributed by atoms with Gasteiger partial charge in [-0.15, -0.1) is 0 Å². The Kier molecular flexibility index (Phi) is 3.20. The molecule has 2 rings (SSSR count). The molecule has 0 N–H and O–H groups in total. The second-order valence-electron chi connectivity index (χ2n) is 3.71. The van der Waals surface area contributed by atoms with E-state index in [0.717, 1.165) is 12.8 Å². The number of carbonyl (C=O) groups is 1. The standard InChI is InChI=1S/C10H15NO4/c1-2-13-9(12)8-6-7-4-3-5-14-10(7)15-11-8/h7,10H,2-6H2,1H3/t7-,10+/m1/s1. The van der Waals surface area contributed by atoms with Gasteiger partial charge >= 0.3 is 5.97 Å². The third kappa shape index (κ3) is 2.28. The molecule has 0 aromatic rings. The third-order valence-electron chi connectivity index (χ3n) is 2.62. The van der Waals surface area contributed by atoms with Crippen molar-refractivity contribution in [1.82, 2.24) is 0 Å². The second-order valence-corrected chi connectivity index (χ2v) is 3.71. The Morgan fingerprint density at radius 2 is 2.53 bits per heavy atom. The number of esters is 1. The highest BCUT2D eigenvalue weighted by Crippen LogP contribution is 2.28. The highest BCUT2D eigenvalue weighted by molar-refractivity contribution is 6.36. The quantitative estimate of drug-likeness (QED) is 0.644. The van der Waals surface area contributed by atoms with E-state index in [2.05, 4.69) is 5.16 Å². The normalized spacial score (nSPS) is 29.8. The fraction of sp³-hybridized carbons (Fsp3) is 0.800. The van der Waals surface area contributed by atoms with Crippen molar-refractivity contribution in [3.63, 3.8) is 0 Å². The molecule has 2 aliphatic rings. The first-order valence-electron chi connectivity index (χ1n) is 5.32. The number of hydrogen-bond acceptors (Lipinski definition) is 5. The molecular weight excluding hydrogens is 198 g/mol. The van der Waals surface area contributed by atoms with Crippen LogP contribution in [0, 0.1) is 5.92 Å². The predicted octanol–water partition coefficient (Wildman–Crippen LogP) is 1.08. The van der Waals surface area contributed by atoms with Crippen molar-refractivity contribution in [2.45, 2.75) is 32.5 Å². The van der Waals surface area contributed by atoms with Crippen LogP contribution in [0.25, 0.3) is 0 Å². The topological polar surface area (TPSA) is 57.1 Å². The molecule has 15 heavy (non-hydrogen) atoms. The van der Waals surface area contributed by atoms with Gasteiger partial charge in [0.15, 0.2) is 5.71 Å². The van der Waals surface area contributed by atoms with Crippen molar-refractivity contribution in [2.75, 3.05) is 13.2 Å². The lowest BCUT2D eigenvalue weighted by atomic mass is 9.93. The zero-order chi connectivity index (χ0) is 10.7. The molecule has 0 aromatic carbocycles. The van der Waals surface area contributed by atoms with Crippen LogP contribution < -0.4 is 0 Å². The Labute approximate surface area is 88.4 Å². The van der Waals surface area contributed by atoms with Crippen molar-refractivity contribution in [3.05, 3.63) is 0 Å². The summed E-state index contributed by atoms with van der Waals surface area (Å²) < 4.78 is 10.3. The first kappa shape index (κ1) is 10.4. The van der Waals surface area contributed by atoms with Gasteiger partial charge in [0.1, 0.15) is 0 Å². The lowest BCUT2D eigenvalue weighted by molar-refractivity contribution is -0.198. The molecule has 0 saturated carbocycles. The van der Waals surface area contributed by atoms with Gasteiger partial charge in [0.2, 0.25) is 6.29 Å². The Balaban J connectivity index is 1.98. The molecule has 1 fully saturated rings. The van der Waals surface area contributed by atoms with Crippen molar-refractivity contribution in [1.29, 1.82) is 0 Å². The van der Waals surface area contributed by atoms with Gasteiger partial charge in [0.05, 0.1) is 13.2 Å². The average Bonchev–Trinajstić information content (AvgIpc) is 2.29. The Bertz CT molecular complexity index is 277. The Hall–Kier alpha value is -1.10. The third-order valence-corrected chi connectivity index (χ3v) is 2.62. The lowest BCUT2D eigenvalue weighted by Gasteiger charge is -2.32. The summed E-state index contributed by atoms with van der Waals surface area (Å²) in [6.45, 7) is 2.85. The van der Waals surface area contributed by atoms with Crippen LogP contribution in [0.15, 0.2) is 5.16 Å². The van der Waals surface area contributed by atoms with Gasteiger partial charge in [-0.2, -0.15) is 0 Å². The van der Waals surface area contributed by atoms with Crippen molar-refractivity contribution in [2.24, 2.45) is 11.1 Å². The number of oxime groups is 1. The zero-order valence-corrected chi connectivity index (χ0v) is 8.77. The molecule has 0 amide bonds. The van der Waals surface area contributed by atoms with Gasteiger partial charge in [-0.1, -0.05) is 5.16 Å². The fourth-order valence-electron chi connectivity index (χ4n) is 1.87. The van der Waals surface area contributed by atoms with Gasteiger partial charge < -0.3 is 14.3 Å². The smallest absolute Gasteiger partial charge is 0.356 e. The first-order valence-corrected chi connectivity index (χ1v) is 5.32. The molecule has 0 aromatic heterocycles. The van der Waals surface area contributed by atoms with Crippen LogP contribution in [0.2, 0.25) is 0 Å². The molecular formula is C10H15NO4. The molecule has 5 heteroatoms. The molecule has 2 heterocycles. The summed E-state index contributed by atoms with van der Waals surface area (Å²) in [4.78, 5) is 16.5. The predicted molar refractivity (Wildman–Crippen MR) is 52.2 cm³/mol. The maximum absolute atomic E-state index is 11.4. The summed E-state index contributed by atoms with van der Waals surface area (Å²) in [6, 6.07) is 0. The number of fused-ring (bicyclic) bond motifs is 1. The highest BCUT2D eigenvalue weighted by atomic mass is 16.8. The number of ether oxygens (including phenoxy) is 2. The molecule has 0 bridgehead atoms. The maximum Gasteiger partial charge on any atom is 0.356 e. The summed E-state index contributed by atoms with van der Waals surface area (Å²) in [5.74, 6) is -0.128. The van der Waals surface area contributed by atoms with E-state index in [1.54, 1.807) is 6.92 Å². The molecule has 1 saturated heterocycles. The van der Waals surface area contributed by atoms with Crippen LogP contribution in [-0.4, -0.2) is 31.2 Å². The minimum Gasteiger partial charge on any atom is -0.461 e. The van der Waals surface area contributed by atoms with Crippen LogP contribution in [0.1, 0.15) is 26.2 Å². The van der Waals surface area contributed by atoms with E-state index in [-0.39, 0.29) is 18.2 Å². The minimum atomic E-state index is -0.374. The monoisotopic (exact) mass is 213 g/mol. The minimum absolute atomic E-state index is 0.246. The number of carbonyl (C=O) groups excluding carboxylic acids is 1. The van der Waals surface area contributed by atoms with Crippen LogP contribution in [0.3, 0.4) is 0 Å². The number of rotatable bonds is 2. The van der Waals surface area contributed by atoms with E-state index < -0.39 is 0 Å². The molecule has 0 unspecified atom stereocenters. The summed E-state index contributed by atoms with van der Waals surface area (Å²) in [6.07, 6.45) is 2.37. The van der Waals surface area contributed by atoms with Gasteiger partial charge in [-0.25, -0.2) is 4.79 Å². The lowest BCUT2D eigenvalue weighted by Crippen LogP contribution is -2.38. The molecule has 0 aliphatic carbocycles. The van der Waals surface area contributed by atoms with Gasteiger partial charge in [0.25, 0.3) is 0 Å². The van der Waals surface area contributed by atoms with E-state index in [9.17, 15) is 4.79 Å². The highest BCUT2D eigenvalue weighted by Gasteiger charge is 2.35. The molecule has 84 valence electrons. The zero-order valence-electron chi connectivity index (χ0n) is 8.77. The van der Waals surface area contributed by atoms with Gasteiger partial charge in [0, 0.05) is 12.3 Å². The van der Waals surface area contributed by atoms with Crippen molar-refractivity contribution in [3.8, 4) is 0 Å². The Morgan fingerprint density at radius 1 is 1.67 bits per heavy atom. The van der Waals surface area contributed by atoms with E-state index in [1.165, 1.54) is 0 Å². The first-order chi connectivity index (χ1) is 7.31. The molecule has 5 nitrogen and oxygen atoms in total.